The minimum Gasteiger partial charge on any atom is -0.493 e. The topological polar surface area (TPSA) is 18.5 Å². The quantitative estimate of drug-likeness (QED) is 0.777. The predicted molar refractivity (Wildman–Crippen MR) is 62.6 cm³/mol. The van der Waals surface area contributed by atoms with Crippen molar-refractivity contribution in [2.24, 2.45) is 0 Å². The van der Waals surface area contributed by atoms with E-state index in [1.54, 1.807) is 7.11 Å². The minimum absolute atomic E-state index is 0.526. The second kappa shape index (κ2) is 5.21. The summed E-state index contributed by atoms with van der Waals surface area (Å²) < 4.78 is 10.8. The summed E-state index contributed by atoms with van der Waals surface area (Å²) in [7, 11) is 1.62. The molecule has 0 saturated heterocycles. The van der Waals surface area contributed by atoms with E-state index in [-0.39, 0.29) is 0 Å². The van der Waals surface area contributed by atoms with Crippen molar-refractivity contribution in [1.82, 2.24) is 0 Å². The average Bonchev–Trinajstić information content (AvgIpc) is 2.38. The lowest BCUT2D eigenvalue weighted by molar-refractivity contribution is 0.284. The summed E-state index contributed by atoms with van der Waals surface area (Å²) in [5.74, 6) is 1.35. The lowest BCUT2D eigenvalue weighted by Gasteiger charge is -2.09. The summed E-state index contributed by atoms with van der Waals surface area (Å²) in [6.45, 7) is 0.526. The molecule has 0 amide bonds. The van der Waals surface area contributed by atoms with Gasteiger partial charge in [0.15, 0.2) is 11.5 Å². The van der Waals surface area contributed by atoms with Crippen LogP contribution in [0, 0.1) is 6.07 Å². The van der Waals surface area contributed by atoms with Gasteiger partial charge >= 0.3 is 0 Å². The van der Waals surface area contributed by atoms with Crippen molar-refractivity contribution in [1.29, 1.82) is 0 Å². The summed E-state index contributed by atoms with van der Waals surface area (Å²) in [5.41, 5.74) is 1.13. The zero-order valence-electron chi connectivity index (χ0n) is 9.14. The van der Waals surface area contributed by atoms with Gasteiger partial charge in [-0.3, -0.25) is 0 Å². The molecule has 0 spiro atoms. The van der Waals surface area contributed by atoms with E-state index in [1.807, 2.05) is 48.5 Å². The summed E-state index contributed by atoms with van der Waals surface area (Å²) >= 11 is 0. The summed E-state index contributed by atoms with van der Waals surface area (Å²) in [4.78, 5) is 0. The van der Waals surface area contributed by atoms with Gasteiger partial charge in [0, 0.05) is 6.07 Å². The molecule has 2 heteroatoms. The Hall–Kier alpha value is -1.96. The number of ether oxygens (including phenoxy) is 2. The number of benzene rings is 2. The SMILES string of the molecule is COc1ccc[c]c1OCc1ccccc1. The van der Waals surface area contributed by atoms with E-state index in [0.717, 1.165) is 5.56 Å². The van der Waals surface area contributed by atoms with Crippen LogP contribution in [0.4, 0.5) is 0 Å². The monoisotopic (exact) mass is 213 g/mol. The van der Waals surface area contributed by atoms with Gasteiger partial charge in [-0.05, 0) is 11.6 Å². The number of para-hydroxylation sites is 1. The molecule has 0 aromatic heterocycles. The lowest BCUT2D eigenvalue weighted by Crippen LogP contribution is -1.97. The molecule has 2 aromatic rings. The predicted octanol–water partition coefficient (Wildman–Crippen LogP) is 3.07. The Morgan fingerprint density at radius 2 is 1.88 bits per heavy atom. The highest BCUT2D eigenvalue weighted by atomic mass is 16.5. The summed E-state index contributed by atoms with van der Waals surface area (Å²) in [6.07, 6.45) is 0. The van der Waals surface area contributed by atoms with Crippen LogP contribution in [0.25, 0.3) is 0 Å². The number of methoxy groups -OCH3 is 1. The van der Waals surface area contributed by atoms with Crippen LogP contribution in [0.3, 0.4) is 0 Å². The first-order valence-electron chi connectivity index (χ1n) is 5.11. The van der Waals surface area contributed by atoms with Crippen LogP contribution >= 0.6 is 0 Å². The molecule has 0 heterocycles. The molecule has 0 unspecified atom stereocenters. The van der Waals surface area contributed by atoms with Gasteiger partial charge in [0.25, 0.3) is 0 Å². The van der Waals surface area contributed by atoms with E-state index < -0.39 is 0 Å². The van der Waals surface area contributed by atoms with Gasteiger partial charge in [-0.1, -0.05) is 42.5 Å². The normalized spacial score (nSPS) is 9.81. The van der Waals surface area contributed by atoms with E-state index in [2.05, 4.69) is 6.07 Å². The molecular weight excluding hydrogens is 200 g/mol. The fraction of sp³-hybridized carbons (Fsp3) is 0.143. The first-order chi connectivity index (χ1) is 7.90. The zero-order valence-corrected chi connectivity index (χ0v) is 9.14. The maximum atomic E-state index is 5.63. The molecule has 0 aliphatic carbocycles. The average molecular weight is 213 g/mol. The van der Waals surface area contributed by atoms with Crippen LogP contribution in [0.5, 0.6) is 11.5 Å². The Labute approximate surface area is 95.4 Å². The molecule has 2 rings (SSSR count). The van der Waals surface area contributed by atoms with Gasteiger partial charge in [-0.25, -0.2) is 0 Å². The molecule has 0 aliphatic heterocycles. The second-order valence-electron chi connectivity index (χ2n) is 3.34. The van der Waals surface area contributed by atoms with Gasteiger partial charge in [0.2, 0.25) is 0 Å². The molecule has 0 fully saturated rings. The number of hydrogen-bond donors (Lipinski definition) is 0. The van der Waals surface area contributed by atoms with Crippen molar-refractivity contribution in [2.75, 3.05) is 7.11 Å². The number of hydrogen-bond acceptors (Lipinski definition) is 2. The molecule has 1 radical (unpaired) electrons. The van der Waals surface area contributed by atoms with Gasteiger partial charge in [-0.2, -0.15) is 0 Å². The molecule has 81 valence electrons. The highest BCUT2D eigenvalue weighted by Crippen LogP contribution is 2.25. The molecule has 0 N–H and O–H groups in total. The third-order valence-electron chi connectivity index (χ3n) is 2.23. The molecule has 2 aromatic carbocycles. The first kappa shape index (κ1) is 10.6. The fourth-order valence-electron chi connectivity index (χ4n) is 1.41. The van der Waals surface area contributed by atoms with Crippen LogP contribution in [-0.4, -0.2) is 7.11 Å². The van der Waals surface area contributed by atoms with Crippen LogP contribution in [-0.2, 0) is 6.61 Å². The smallest absolute Gasteiger partial charge is 0.169 e. The van der Waals surface area contributed by atoms with Crippen molar-refractivity contribution >= 4 is 0 Å². The Morgan fingerprint density at radius 3 is 2.62 bits per heavy atom. The first-order valence-corrected chi connectivity index (χ1v) is 5.11. The van der Waals surface area contributed by atoms with Crippen LogP contribution in [0.1, 0.15) is 5.56 Å². The molecule has 2 nitrogen and oxygen atoms in total. The van der Waals surface area contributed by atoms with E-state index in [0.29, 0.717) is 18.1 Å². The van der Waals surface area contributed by atoms with Crippen molar-refractivity contribution in [2.45, 2.75) is 6.61 Å². The van der Waals surface area contributed by atoms with E-state index in [9.17, 15) is 0 Å². The zero-order chi connectivity index (χ0) is 11.2. The van der Waals surface area contributed by atoms with Crippen LogP contribution in [0.15, 0.2) is 48.5 Å². The van der Waals surface area contributed by atoms with Gasteiger partial charge in [-0.15, -0.1) is 0 Å². The molecule has 0 bridgehead atoms. The largest absolute Gasteiger partial charge is 0.493 e. The van der Waals surface area contributed by atoms with Crippen molar-refractivity contribution in [3.8, 4) is 11.5 Å². The molecule has 16 heavy (non-hydrogen) atoms. The Bertz CT molecular complexity index is 437. The van der Waals surface area contributed by atoms with E-state index in [4.69, 9.17) is 9.47 Å². The summed E-state index contributed by atoms with van der Waals surface area (Å²) in [6, 6.07) is 18.6. The van der Waals surface area contributed by atoms with Gasteiger partial charge in [0.05, 0.1) is 7.11 Å². The standard InChI is InChI=1S/C14H13O2/c1-15-13-9-5-6-10-14(13)16-11-12-7-3-2-4-8-12/h2-9H,11H2,1H3. The third kappa shape index (κ3) is 2.54. The highest BCUT2D eigenvalue weighted by Gasteiger charge is 2.02. The maximum absolute atomic E-state index is 5.63. The highest BCUT2D eigenvalue weighted by molar-refractivity contribution is 5.38. The Balaban J connectivity index is 2.05. The van der Waals surface area contributed by atoms with Gasteiger partial charge < -0.3 is 9.47 Å². The molecule has 0 aliphatic rings. The number of rotatable bonds is 4. The van der Waals surface area contributed by atoms with Crippen LogP contribution < -0.4 is 9.47 Å². The fourth-order valence-corrected chi connectivity index (χ4v) is 1.41. The van der Waals surface area contributed by atoms with Crippen molar-refractivity contribution in [3.63, 3.8) is 0 Å². The van der Waals surface area contributed by atoms with E-state index >= 15 is 0 Å². The minimum atomic E-state index is 0.526. The third-order valence-corrected chi connectivity index (χ3v) is 2.23. The van der Waals surface area contributed by atoms with Crippen molar-refractivity contribution < 1.29 is 9.47 Å². The van der Waals surface area contributed by atoms with E-state index in [1.165, 1.54) is 0 Å². The Morgan fingerprint density at radius 1 is 1.06 bits per heavy atom. The van der Waals surface area contributed by atoms with Gasteiger partial charge in [0.1, 0.15) is 6.61 Å². The Kier molecular flexibility index (Phi) is 3.44. The summed E-state index contributed by atoms with van der Waals surface area (Å²) in [5, 5.41) is 0. The second-order valence-corrected chi connectivity index (χ2v) is 3.34. The van der Waals surface area contributed by atoms with Crippen molar-refractivity contribution in [3.05, 3.63) is 60.2 Å². The maximum Gasteiger partial charge on any atom is 0.169 e. The lowest BCUT2D eigenvalue weighted by atomic mass is 10.2. The van der Waals surface area contributed by atoms with Crippen LogP contribution in [0.2, 0.25) is 0 Å². The molecular formula is C14H13O2. The molecule has 0 atom stereocenters. The molecule has 0 saturated carbocycles.